The molecule has 0 aliphatic rings. The molecule has 0 heterocycles. The van der Waals surface area contributed by atoms with E-state index in [1.807, 2.05) is 6.92 Å². The number of nitrogens with zero attached hydrogens (tertiary/aromatic N) is 1. The summed E-state index contributed by atoms with van der Waals surface area (Å²) in [7, 11) is -3.71. The van der Waals surface area contributed by atoms with Crippen LogP contribution >= 0.6 is 11.6 Å². The number of carbonyl (C=O) groups excluding carboxylic acids is 1. The summed E-state index contributed by atoms with van der Waals surface area (Å²) in [6, 6.07) is 7.96. The minimum atomic E-state index is -3.71. The number of hydrogen-bond donors (Lipinski definition) is 1. The molecule has 24 heavy (non-hydrogen) atoms. The van der Waals surface area contributed by atoms with Crippen molar-refractivity contribution >= 4 is 38.7 Å². The van der Waals surface area contributed by atoms with Crippen LogP contribution in [-0.4, -0.2) is 25.5 Å². The van der Waals surface area contributed by atoms with E-state index in [2.05, 4.69) is 5.32 Å². The Kier molecular flexibility index (Phi) is 4.91. The number of halogens is 1. The van der Waals surface area contributed by atoms with Gasteiger partial charge in [-0.05, 0) is 30.7 Å². The highest BCUT2D eigenvalue weighted by Crippen LogP contribution is 2.25. The summed E-state index contributed by atoms with van der Waals surface area (Å²) in [6.07, 6.45) is 0.907. The number of amides is 1. The van der Waals surface area contributed by atoms with E-state index < -0.39 is 26.4 Å². The maximum absolute atomic E-state index is 12.3. The van der Waals surface area contributed by atoms with Gasteiger partial charge in [0.2, 0.25) is 0 Å². The molecule has 0 saturated heterocycles. The van der Waals surface area contributed by atoms with Gasteiger partial charge in [-0.1, -0.05) is 17.7 Å². The van der Waals surface area contributed by atoms with E-state index in [0.29, 0.717) is 10.7 Å². The van der Waals surface area contributed by atoms with Crippen molar-refractivity contribution in [2.24, 2.45) is 0 Å². The maximum atomic E-state index is 12.3. The second-order valence-corrected chi connectivity index (χ2v) is 7.61. The van der Waals surface area contributed by atoms with E-state index in [0.717, 1.165) is 30.0 Å². The standard InChI is InChI=1S/C15H13ClN2O5S/c1-9-3-4-14(13(16)5-9)17-15(19)10-6-11(18(20)21)8-12(7-10)24(2,22)23/h3-8H,1-2H3,(H,17,19). The molecule has 7 nitrogen and oxygen atoms in total. The summed E-state index contributed by atoms with van der Waals surface area (Å²) >= 11 is 6.03. The summed E-state index contributed by atoms with van der Waals surface area (Å²) < 4.78 is 23.3. The predicted octanol–water partition coefficient (Wildman–Crippen LogP) is 3.21. The average Bonchev–Trinajstić information content (AvgIpc) is 2.48. The molecule has 0 atom stereocenters. The number of benzene rings is 2. The smallest absolute Gasteiger partial charge is 0.271 e. The molecule has 1 N–H and O–H groups in total. The van der Waals surface area contributed by atoms with Crippen molar-refractivity contribution in [2.75, 3.05) is 11.6 Å². The third-order valence-electron chi connectivity index (χ3n) is 3.17. The first-order valence-corrected chi connectivity index (χ1v) is 8.92. The van der Waals surface area contributed by atoms with Gasteiger partial charge in [-0.3, -0.25) is 14.9 Å². The number of rotatable bonds is 4. The Morgan fingerprint density at radius 3 is 2.42 bits per heavy atom. The van der Waals surface area contributed by atoms with Crippen molar-refractivity contribution < 1.29 is 18.1 Å². The fourth-order valence-electron chi connectivity index (χ4n) is 1.95. The van der Waals surface area contributed by atoms with E-state index in [9.17, 15) is 23.3 Å². The van der Waals surface area contributed by atoms with Crippen LogP contribution in [-0.2, 0) is 9.84 Å². The second kappa shape index (κ2) is 6.58. The van der Waals surface area contributed by atoms with Crippen LogP contribution in [0.1, 0.15) is 15.9 Å². The number of nitrogens with one attached hydrogen (secondary N) is 1. The van der Waals surface area contributed by atoms with Gasteiger partial charge >= 0.3 is 0 Å². The van der Waals surface area contributed by atoms with Gasteiger partial charge in [-0.2, -0.15) is 0 Å². The van der Waals surface area contributed by atoms with E-state index in [1.54, 1.807) is 18.2 Å². The van der Waals surface area contributed by atoms with Gasteiger partial charge in [0.25, 0.3) is 11.6 Å². The van der Waals surface area contributed by atoms with Crippen LogP contribution in [0.25, 0.3) is 0 Å². The Morgan fingerprint density at radius 1 is 1.21 bits per heavy atom. The third-order valence-corrected chi connectivity index (χ3v) is 4.57. The van der Waals surface area contributed by atoms with E-state index in [-0.39, 0.29) is 10.5 Å². The van der Waals surface area contributed by atoms with Gasteiger partial charge in [0, 0.05) is 24.0 Å². The van der Waals surface area contributed by atoms with Gasteiger partial charge in [0.05, 0.1) is 20.5 Å². The van der Waals surface area contributed by atoms with Crippen LogP contribution in [0.4, 0.5) is 11.4 Å². The molecule has 1 amide bonds. The van der Waals surface area contributed by atoms with Crippen molar-refractivity contribution in [1.82, 2.24) is 0 Å². The molecule has 9 heteroatoms. The van der Waals surface area contributed by atoms with Crippen molar-refractivity contribution in [3.05, 3.63) is 62.7 Å². The molecular weight excluding hydrogens is 356 g/mol. The minimum absolute atomic E-state index is 0.152. The fraction of sp³-hybridized carbons (Fsp3) is 0.133. The number of nitro groups is 1. The highest BCUT2D eigenvalue weighted by Gasteiger charge is 2.19. The Labute approximate surface area is 143 Å². The van der Waals surface area contributed by atoms with Crippen LogP contribution in [0.3, 0.4) is 0 Å². The predicted molar refractivity (Wildman–Crippen MR) is 90.3 cm³/mol. The van der Waals surface area contributed by atoms with Gasteiger partial charge < -0.3 is 5.32 Å². The Balaban J connectivity index is 2.45. The fourth-order valence-corrected chi connectivity index (χ4v) is 2.91. The van der Waals surface area contributed by atoms with Crippen molar-refractivity contribution in [2.45, 2.75) is 11.8 Å². The number of non-ortho nitro benzene ring substituents is 1. The van der Waals surface area contributed by atoms with Crippen molar-refractivity contribution in [1.29, 1.82) is 0 Å². The Morgan fingerprint density at radius 2 is 1.88 bits per heavy atom. The normalized spacial score (nSPS) is 11.1. The molecule has 0 spiro atoms. The molecule has 0 fully saturated rings. The molecule has 0 bridgehead atoms. The summed E-state index contributed by atoms with van der Waals surface area (Å²) in [6.45, 7) is 1.83. The van der Waals surface area contributed by atoms with Gasteiger partial charge in [0.15, 0.2) is 9.84 Å². The van der Waals surface area contributed by atoms with Crippen LogP contribution in [0, 0.1) is 17.0 Å². The number of sulfone groups is 1. The molecule has 0 aromatic heterocycles. The molecule has 126 valence electrons. The average molecular weight is 369 g/mol. The minimum Gasteiger partial charge on any atom is -0.321 e. The second-order valence-electron chi connectivity index (χ2n) is 5.18. The van der Waals surface area contributed by atoms with Crippen molar-refractivity contribution in [3.8, 4) is 0 Å². The maximum Gasteiger partial charge on any atom is 0.271 e. The van der Waals surface area contributed by atoms with Gasteiger partial charge in [-0.25, -0.2) is 8.42 Å². The molecule has 0 saturated carbocycles. The van der Waals surface area contributed by atoms with Crippen LogP contribution in [0.15, 0.2) is 41.3 Å². The topological polar surface area (TPSA) is 106 Å². The molecule has 2 aromatic carbocycles. The molecular formula is C15H13ClN2O5S. The largest absolute Gasteiger partial charge is 0.321 e. The van der Waals surface area contributed by atoms with Gasteiger partial charge in [-0.15, -0.1) is 0 Å². The zero-order valence-corrected chi connectivity index (χ0v) is 14.3. The monoisotopic (exact) mass is 368 g/mol. The van der Waals surface area contributed by atoms with Crippen LogP contribution in [0.2, 0.25) is 5.02 Å². The van der Waals surface area contributed by atoms with Gasteiger partial charge in [0.1, 0.15) is 0 Å². The number of anilines is 1. The lowest BCUT2D eigenvalue weighted by molar-refractivity contribution is -0.385. The first-order chi connectivity index (χ1) is 11.1. The molecule has 0 aliphatic heterocycles. The highest BCUT2D eigenvalue weighted by atomic mass is 35.5. The summed E-state index contributed by atoms with van der Waals surface area (Å²) in [5.74, 6) is -0.700. The zero-order chi connectivity index (χ0) is 18.1. The molecule has 2 aromatic rings. The van der Waals surface area contributed by atoms with E-state index >= 15 is 0 Å². The summed E-state index contributed by atoms with van der Waals surface area (Å²) in [5.41, 5.74) is 0.576. The first kappa shape index (κ1) is 17.9. The van der Waals surface area contributed by atoms with E-state index in [1.165, 1.54) is 0 Å². The molecule has 0 aliphatic carbocycles. The molecule has 0 unspecified atom stereocenters. The van der Waals surface area contributed by atoms with E-state index in [4.69, 9.17) is 11.6 Å². The summed E-state index contributed by atoms with van der Waals surface area (Å²) in [5, 5.41) is 13.8. The Bertz CT molecular complexity index is 941. The van der Waals surface area contributed by atoms with Crippen LogP contribution < -0.4 is 5.32 Å². The number of nitro benzene ring substituents is 1. The quantitative estimate of drug-likeness (QED) is 0.658. The van der Waals surface area contributed by atoms with Crippen LogP contribution in [0.5, 0.6) is 0 Å². The number of carbonyl (C=O) groups is 1. The number of hydrogen-bond acceptors (Lipinski definition) is 5. The molecule has 2 rings (SSSR count). The zero-order valence-electron chi connectivity index (χ0n) is 12.7. The highest BCUT2D eigenvalue weighted by molar-refractivity contribution is 7.90. The molecule has 0 radical (unpaired) electrons. The number of aryl methyl sites for hydroxylation is 1. The Hall–Kier alpha value is -2.45. The first-order valence-electron chi connectivity index (χ1n) is 6.65. The SMILES string of the molecule is Cc1ccc(NC(=O)c2cc([N+](=O)[O-])cc(S(C)(=O)=O)c2)c(Cl)c1. The van der Waals surface area contributed by atoms with Crippen molar-refractivity contribution in [3.63, 3.8) is 0 Å². The summed E-state index contributed by atoms with van der Waals surface area (Å²) in [4.78, 5) is 22.2. The third kappa shape index (κ3) is 4.09. The lowest BCUT2D eigenvalue weighted by atomic mass is 10.1. The lowest BCUT2D eigenvalue weighted by Gasteiger charge is -2.09. The lowest BCUT2D eigenvalue weighted by Crippen LogP contribution is -2.13.